The first-order chi connectivity index (χ1) is 11.9. The van der Waals surface area contributed by atoms with Crippen LogP contribution in [0.3, 0.4) is 0 Å². The van der Waals surface area contributed by atoms with Gasteiger partial charge in [0.2, 0.25) is 0 Å². The molecule has 25 heavy (non-hydrogen) atoms. The minimum atomic E-state index is -0.591. The fraction of sp³-hybridized carbons (Fsp3) is 0.111. The zero-order chi connectivity index (χ0) is 18.1. The van der Waals surface area contributed by atoms with Crippen LogP contribution in [0.15, 0.2) is 45.6 Å². The first-order valence-corrected chi connectivity index (χ1v) is 8.03. The molecule has 2 aromatic carbocycles. The second kappa shape index (κ2) is 6.78. The highest BCUT2D eigenvalue weighted by atomic mass is 35.5. The van der Waals surface area contributed by atoms with Crippen molar-refractivity contribution in [2.24, 2.45) is 0 Å². The van der Waals surface area contributed by atoms with Crippen LogP contribution < -0.4 is 15.5 Å². The Bertz CT molecular complexity index is 1040. The molecule has 1 amide bonds. The summed E-state index contributed by atoms with van der Waals surface area (Å²) in [5.74, 6) is -0.281. The lowest BCUT2D eigenvalue weighted by atomic mass is 10.1. The smallest absolute Gasteiger partial charge is 0.291 e. The second-order valence-electron chi connectivity index (χ2n) is 5.37. The zero-order valence-corrected chi connectivity index (χ0v) is 14.9. The first-order valence-electron chi connectivity index (χ1n) is 7.28. The van der Waals surface area contributed by atoms with E-state index in [1.165, 1.54) is 13.2 Å². The molecule has 0 saturated heterocycles. The van der Waals surface area contributed by atoms with Gasteiger partial charge in [-0.25, -0.2) is 0 Å². The molecule has 7 heteroatoms. The van der Waals surface area contributed by atoms with Crippen LogP contribution in [0.25, 0.3) is 11.0 Å². The number of anilines is 1. The number of amides is 1. The van der Waals surface area contributed by atoms with E-state index in [0.717, 1.165) is 11.6 Å². The Morgan fingerprint density at radius 1 is 1.16 bits per heavy atom. The topological polar surface area (TPSA) is 68.5 Å². The van der Waals surface area contributed by atoms with E-state index in [4.69, 9.17) is 32.4 Å². The van der Waals surface area contributed by atoms with E-state index >= 15 is 0 Å². The molecule has 0 fully saturated rings. The Morgan fingerprint density at radius 3 is 2.64 bits per heavy atom. The summed E-state index contributed by atoms with van der Waals surface area (Å²) in [6, 6.07) is 9.08. The van der Waals surface area contributed by atoms with Crippen molar-refractivity contribution in [2.45, 2.75) is 6.92 Å². The van der Waals surface area contributed by atoms with Crippen LogP contribution in [0.1, 0.15) is 16.1 Å². The number of hydrogen-bond acceptors (Lipinski definition) is 4. The third-order valence-corrected chi connectivity index (χ3v) is 4.28. The van der Waals surface area contributed by atoms with Gasteiger partial charge in [-0.3, -0.25) is 9.59 Å². The lowest BCUT2D eigenvalue weighted by Crippen LogP contribution is -2.15. The molecule has 0 aliphatic rings. The van der Waals surface area contributed by atoms with E-state index in [-0.39, 0.29) is 16.8 Å². The summed E-state index contributed by atoms with van der Waals surface area (Å²) in [6.45, 7) is 1.78. The van der Waals surface area contributed by atoms with Crippen LogP contribution in [0.4, 0.5) is 5.69 Å². The monoisotopic (exact) mass is 377 g/mol. The summed E-state index contributed by atoms with van der Waals surface area (Å²) in [5.41, 5.74) is 1.05. The molecule has 0 aliphatic carbocycles. The van der Waals surface area contributed by atoms with Crippen LogP contribution >= 0.6 is 23.2 Å². The number of benzene rings is 2. The normalized spacial score (nSPS) is 10.7. The molecular weight excluding hydrogens is 365 g/mol. The highest BCUT2D eigenvalue weighted by Gasteiger charge is 2.16. The van der Waals surface area contributed by atoms with E-state index in [1.807, 2.05) is 0 Å². The van der Waals surface area contributed by atoms with Gasteiger partial charge in [-0.1, -0.05) is 23.2 Å². The summed E-state index contributed by atoms with van der Waals surface area (Å²) >= 11 is 12.0. The Kier molecular flexibility index (Phi) is 4.70. The number of methoxy groups -OCH3 is 1. The molecule has 0 radical (unpaired) electrons. The van der Waals surface area contributed by atoms with Crippen molar-refractivity contribution >= 4 is 45.8 Å². The van der Waals surface area contributed by atoms with E-state index < -0.39 is 5.91 Å². The standard InChI is InChI=1S/C18H13Cl2NO4/c1-9-5-16-11(7-12(9)20)14(22)8-17(25-16)18(23)21-13-6-10(19)3-4-15(13)24-2/h3-8H,1-2H3,(H,21,23). The third kappa shape index (κ3) is 3.48. The van der Waals surface area contributed by atoms with E-state index in [2.05, 4.69) is 5.32 Å². The van der Waals surface area contributed by atoms with Crippen LogP contribution in [-0.4, -0.2) is 13.0 Å². The highest BCUT2D eigenvalue weighted by Crippen LogP contribution is 2.28. The molecule has 0 bridgehead atoms. The van der Waals surface area contributed by atoms with Crippen molar-refractivity contribution in [3.63, 3.8) is 0 Å². The number of rotatable bonds is 3. The van der Waals surface area contributed by atoms with Gasteiger partial charge in [0.25, 0.3) is 5.91 Å². The van der Waals surface area contributed by atoms with Gasteiger partial charge in [0.15, 0.2) is 11.2 Å². The van der Waals surface area contributed by atoms with Gasteiger partial charge in [0.1, 0.15) is 11.3 Å². The molecule has 5 nitrogen and oxygen atoms in total. The molecule has 0 unspecified atom stereocenters. The average Bonchev–Trinajstić information content (AvgIpc) is 2.56. The summed E-state index contributed by atoms with van der Waals surface area (Å²) in [4.78, 5) is 24.7. The molecule has 0 spiro atoms. The van der Waals surface area contributed by atoms with Gasteiger partial charge in [0, 0.05) is 16.1 Å². The zero-order valence-electron chi connectivity index (χ0n) is 13.4. The van der Waals surface area contributed by atoms with Crippen molar-refractivity contribution in [1.29, 1.82) is 0 Å². The first kappa shape index (κ1) is 17.3. The van der Waals surface area contributed by atoms with Crippen molar-refractivity contribution < 1.29 is 13.9 Å². The molecule has 0 aliphatic heterocycles. The Balaban J connectivity index is 2.02. The number of halogens is 2. The number of ether oxygens (including phenoxy) is 1. The number of fused-ring (bicyclic) bond motifs is 1. The number of hydrogen-bond donors (Lipinski definition) is 1. The van der Waals surface area contributed by atoms with E-state index in [1.54, 1.807) is 31.2 Å². The lowest BCUT2D eigenvalue weighted by molar-refractivity contribution is 0.0997. The minimum absolute atomic E-state index is 0.124. The quantitative estimate of drug-likeness (QED) is 0.719. The SMILES string of the molecule is COc1ccc(Cl)cc1NC(=O)c1cc(=O)c2cc(Cl)c(C)cc2o1. The maximum atomic E-state index is 12.5. The summed E-state index contributed by atoms with van der Waals surface area (Å²) in [7, 11) is 1.47. The molecule has 0 saturated carbocycles. The van der Waals surface area contributed by atoms with E-state index in [9.17, 15) is 9.59 Å². The maximum absolute atomic E-state index is 12.5. The maximum Gasteiger partial charge on any atom is 0.291 e. The lowest BCUT2D eigenvalue weighted by Gasteiger charge is -2.10. The van der Waals surface area contributed by atoms with Crippen molar-refractivity contribution in [1.82, 2.24) is 0 Å². The number of nitrogens with one attached hydrogen (secondary N) is 1. The van der Waals surface area contributed by atoms with Crippen molar-refractivity contribution in [2.75, 3.05) is 12.4 Å². The highest BCUT2D eigenvalue weighted by molar-refractivity contribution is 6.32. The fourth-order valence-electron chi connectivity index (χ4n) is 2.35. The van der Waals surface area contributed by atoms with Crippen LogP contribution in [0.5, 0.6) is 5.75 Å². The molecule has 1 heterocycles. The van der Waals surface area contributed by atoms with Crippen LogP contribution in [-0.2, 0) is 0 Å². The minimum Gasteiger partial charge on any atom is -0.495 e. The molecule has 1 aromatic heterocycles. The predicted octanol–water partition coefficient (Wildman–Crippen LogP) is 4.67. The number of aryl methyl sites for hydroxylation is 1. The van der Waals surface area contributed by atoms with Gasteiger partial charge < -0.3 is 14.5 Å². The average molecular weight is 378 g/mol. The Morgan fingerprint density at radius 2 is 1.92 bits per heavy atom. The van der Waals surface area contributed by atoms with Gasteiger partial charge in [-0.15, -0.1) is 0 Å². The molecule has 3 rings (SSSR count). The third-order valence-electron chi connectivity index (χ3n) is 3.64. The summed E-state index contributed by atoms with van der Waals surface area (Å²) in [5, 5.41) is 3.83. The Labute approximate surface area is 153 Å². The molecular formula is C18H13Cl2NO4. The number of carbonyl (C=O) groups excluding carboxylic acids is 1. The van der Waals surface area contributed by atoms with Gasteiger partial charge >= 0.3 is 0 Å². The van der Waals surface area contributed by atoms with Crippen LogP contribution in [0.2, 0.25) is 10.0 Å². The van der Waals surface area contributed by atoms with Gasteiger partial charge in [-0.2, -0.15) is 0 Å². The van der Waals surface area contributed by atoms with E-state index in [0.29, 0.717) is 26.9 Å². The Hall–Kier alpha value is -2.50. The molecule has 3 aromatic rings. The number of carbonyl (C=O) groups is 1. The van der Waals surface area contributed by atoms with Gasteiger partial charge in [-0.05, 0) is 42.8 Å². The molecule has 1 N–H and O–H groups in total. The van der Waals surface area contributed by atoms with Gasteiger partial charge in [0.05, 0.1) is 18.2 Å². The summed E-state index contributed by atoms with van der Waals surface area (Å²) < 4.78 is 10.8. The predicted molar refractivity (Wildman–Crippen MR) is 98.2 cm³/mol. The second-order valence-corrected chi connectivity index (χ2v) is 6.21. The van der Waals surface area contributed by atoms with Crippen molar-refractivity contribution in [3.05, 3.63) is 68.0 Å². The molecule has 0 atom stereocenters. The van der Waals surface area contributed by atoms with Crippen LogP contribution in [0, 0.1) is 6.92 Å². The van der Waals surface area contributed by atoms with Crippen molar-refractivity contribution in [3.8, 4) is 5.75 Å². The molecule has 128 valence electrons. The fourth-order valence-corrected chi connectivity index (χ4v) is 2.69. The summed E-state index contributed by atoms with van der Waals surface area (Å²) in [6.07, 6.45) is 0. The largest absolute Gasteiger partial charge is 0.495 e.